The molecule has 4 atom stereocenters. The minimum absolute atomic E-state index is 0.281. The van der Waals surface area contributed by atoms with Crippen molar-refractivity contribution in [1.29, 1.82) is 0 Å². The first-order chi connectivity index (χ1) is 23.7. The highest BCUT2D eigenvalue weighted by Crippen LogP contribution is 2.50. The molecule has 5 rings (SSSR count). The van der Waals surface area contributed by atoms with Crippen LogP contribution in [-0.4, -0.2) is 34.9 Å². The first-order valence-electron chi connectivity index (χ1n) is 16.9. The van der Waals surface area contributed by atoms with E-state index in [1.807, 2.05) is 90.1 Å². The van der Waals surface area contributed by atoms with E-state index in [-0.39, 0.29) is 13.0 Å². The average Bonchev–Trinajstić information content (AvgIpc) is 3.05. The van der Waals surface area contributed by atoms with Crippen LogP contribution in [-0.2, 0) is 21.0 Å². The Labute approximate surface area is 302 Å². The first-order valence-corrected chi connectivity index (χ1v) is 17.7. The molecule has 50 heavy (non-hydrogen) atoms. The lowest BCUT2D eigenvalue weighted by Crippen LogP contribution is -2.56. The maximum atomic E-state index is 14.4. The topological polar surface area (TPSA) is 114 Å². The Morgan fingerprint density at radius 2 is 1.42 bits per heavy atom. The van der Waals surface area contributed by atoms with Crippen molar-refractivity contribution in [3.8, 4) is 11.5 Å². The van der Waals surface area contributed by atoms with Crippen LogP contribution in [0.25, 0.3) is 0 Å². The second-order valence-electron chi connectivity index (χ2n) is 13.4. The summed E-state index contributed by atoms with van der Waals surface area (Å²) in [5, 5.41) is 17.9. The van der Waals surface area contributed by atoms with Crippen molar-refractivity contribution in [1.82, 2.24) is 0 Å². The van der Waals surface area contributed by atoms with Gasteiger partial charge in [0.25, 0.3) is 0 Å². The molecule has 1 fully saturated rings. The minimum atomic E-state index is -1.78. The van der Waals surface area contributed by atoms with Gasteiger partial charge < -0.3 is 25.2 Å². The summed E-state index contributed by atoms with van der Waals surface area (Å²) >= 11 is 3.67. The summed E-state index contributed by atoms with van der Waals surface area (Å²) in [7, 11) is 0. The van der Waals surface area contributed by atoms with Crippen LogP contribution >= 0.6 is 15.9 Å². The number of halogens is 1. The number of nitrogens with one attached hydrogen (secondary N) is 2. The lowest BCUT2D eigenvalue weighted by atomic mass is 9.61. The lowest BCUT2D eigenvalue weighted by molar-refractivity contribution is -0.150. The Bertz CT molecular complexity index is 1940. The molecule has 0 radical (unpaired) electrons. The van der Waals surface area contributed by atoms with E-state index in [2.05, 4.69) is 26.6 Å². The van der Waals surface area contributed by atoms with Gasteiger partial charge in [0, 0.05) is 23.7 Å². The number of amides is 2. The second kappa shape index (κ2) is 15.2. The maximum Gasteiger partial charge on any atom is 0.235 e. The number of hydrogen-bond acceptors (Lipinski definition) is 6. The highest BCUT2D eigenvalue weighted by atomic mass is 79.9. The summed E-state index contributed by atoms with van der Waals surface area (Å²) in [6.45, 7) is 13.6. The van der Waals surface area contributed by atoms with E-state index in [1.165, 1.54) is 6.92 Å². The number of aliphatic hydroxyl groups is 1. The van der Waals surface area contributed by atoms with Crippen LogP contribution in [0.2, 0.25) is 0 Å². The molecule has 0 aromatic heterocycles. The molecular formula is C41H45BrN2O6. The number of carbonyl (C=O) groups is 3. The number of hydrogen-bond donors (Lipinski definition) is 3. The fourth-order valence-corrected chi connectivity index (χ4v) is 7.37. The van der Waals surface area contributed by atoms with Gasteiger partial charge in [-0.2, -0.15) is 0 Å². The average molecular weight is 742 g/mol. The first kappa shape index (κ1) is 36.8. The van der Waals surface area contributed by atoms with Crippen LogP contribution in [0.4, 0.5) is 11.4 Å². The van der Waals surface area contributed by atoms with Crippen molar-refractivity contribution < 1.29 is 29.0 Å². The smallest absolute Gasteiger partial charge is 0.235 e. The number of ketones is 1. The number of Topliss-reactive ketones (excluding diaryl/α,β-unsaturated/α-hetero) is 1. The lowest BCUT2D eigenvalue weighted by Gasteiger charge is -2.44. The van der Waals surface area contributed by atoms with Crippen LogP contribution in [0.1, 0.15) is 65.1 Å². The number of rotatable bonds is 10. The summed E-state index contributed by atoms with van der Waals surface area (Å²) in [5.41, 5.74) is 5.66. The van der Waals surface area contributed by atoms with Gasteiger partial charge in [-0.15, -0.1) is 0 Å². The predicted molar refractivity (Wildman–Crippen MR) is 200 cm³/mol. The van der Waals surface area contributed by atoms with Gasteiger partial charge >= 0.3 is 0 Å². The van der Waals surface area contributed by atoms with Crippen LogP contribution in [0.15, 0.2) is 77.3 Å². The van der Waals surface area contributed by atoms with Gasteiger partial charge in [-0.3, -0.25) is 14.4 Å². The number of ether oxygens (including phenoxy) is 2. The quantitative estimate of drug-likeness (QED) is 0.141. The fraction of sp³-hybridized carbons (Fsp3) is 0.341. The molecule has 1 aliphatic rings. The van der Waals surface area contributed by atoms with E-state index >= 15 is 0 Å². The molecule has 2 amide bonds. The van der Waals surface area contributed by atoms with E-state index in [1.54, 1.807) is 24.3 Å². The van der Waals surface area contributed by atoms with E-state index in [0.717, 1.165) is 33.4 Å². The van der Waals surface area contributed by atoms with Gasteiger partial charge in [-0.25, -0.2) is 0 Å². The summed E-state index contributed by atoms with van der Waals surface area (Å²) in [6.07, 6.45) is -0.379. The molecule has 4 unspecified atom stereocenters. The molecule has 0 saturated heterocycles. The number of aryl methyl sites for hydroxylation is 3. The van der Waals surface area contributed by atoms with Crippen molar-refractivity contribution in [2.75, 3.05) is 17.2 Å². The van der Waals surface area contributed by atoms with Gasteiger partial charge in [0.1, 0.15) is 18.3 Å². The van der Waals surface area contributed by atoms with Gasteiger partial charge in [0.2, 0.25) is 11.8 Å². The van der Waals surface area contributed by atoms with Crippen molar-refractivity contribution in [3.05, 3.63) is 116 Å². The number of anilines is 2. The molecule has 8 nitrogen and oxygen atoms in total. The predicted octanol–water partition coefficient (Wildman–Crippen LogP) is 8.29. The van der Waals surface area contributed by atoms with Crippen molar-refractivity contribution in [2.45, 2.75) is 73.0 Å². The molecule has 262 valence electrons. The van der Waals surface area contributed by atoms with E-state index in [9.17, 15) is 19.5 Å². The third-order valence-corrected chi connectivity index (χ3v) is 10.5. The van der Waals surface area contributed by atoms with Gasteiger partial charge in [-0.05, 0) is 128 Å². The van der Waals surface area contributed by atoms with Gasteiger partial charge in [0.05, 0.1) is 22.6 Å². The zero-order chi connectivity index (χ0) is 36.3. The third kappa shape index (κ3) is 7.64. The Morgan fingerprint density at radius 1 is 0.840 bits per heavy atom. The molecule has 4 aromatic carbocycles. The van der Waals surface area contributed by atoms with Crippen LogP contribution in [0, 0.1) is 46.5 Å². The number of benzene rings is 4. The van der Waals surface area contributed by atoms with Crippen LogP contribution in [0.3, 0.4) is 0 Å². The Morgan fingerprint density at radius 3 is 2.02 bits per heavy atom. The highest BCUT2D eigenvalue weighted by molar-refractivity contribution is 9.10. The van der Waals surface area contributed by atoms with Crippen molar-refractivity contribution in [2.24, 2.45) is 11.8 Å². The van der Waals surface area contributed by atoms with Crippen LogP contribution in [0.5, 0.6) is 11.5 Å². The molecule has 3 N–H and O–H groups in total. The Hall–Kier alpha value is -4.47. The summed E-state index contributed by atoms with van der Waals surface area (Å²) in [6, 6.07) is 22.6. The van der Waals surface area contributed by atoms with E-state index < -0.39 is 41.0 Å². The van der Waals surface area contributed by atoms with Crippen molar-refractivity contribution in [3.63, 3.8) is 0 Å². The molecule has 9 heteroatoms. The molecule has 4 aromatic rings. The SMILES string of the molecule is CCOc1cc(C2C(C(=O)Nc3cccc(C)c3C)C(=O)CC(C)(O)C2C(=O)Nc2cccc(C)c2C)cc(Br)c1OCc1ccccc1C. The number of carbonyl (C=O) groups excluding carboxylic acids is 3. The molecule has 0 bridgehead atoms. The van der Waals surface area contributed by atoms with Crippen molar-refractivity contribution >= 4 is 44.9 Å². The summed E-state index contributed by atoms with van der Waals surface area (Å²) < 4.78 is 12.9. The minimum Gasteiger partial charge on any atom is -0.490 e. The Balaban J connectivity index is 1.63. The zero-order valence-corrected chi connectivity index (χ0v) is 31.2. The van der Waals surface area contributed by atoms with E-state index in [4.69, 9.17) is 9.47 Å². The van der Waals surface area contributed by atoms with E-state index in [0.29, 0.717) is 39.5 Å². The molecule has 1 aliphatic carbocycles. The standard InChI is InChI=1S/C41H45BrN2O6/c1-8-49-34-20-29(19-30(42)38(34)50-22-28-16-10-9-13-25(28)4)35-36(39(46)43-31-17-11-14-23(2)26(31)5)33(45)21-41(7,48)37(35)40(47)44-32-18-12-15-24(3)27(32)6/h9-20,35-37,48H,8,21-22H2,1-7H3,(H,43,46)(H,44,47). The second-order valence-corrected chi connectivity index (χ2v) is 14.3. The largest absolute Gasteiger partial charge is 0.490 e. The Kier molecular flexibility index (Phi) is 11.2. The third-order valence-electron chi connectivity index (χ3n) is 9.91. The zero-order valence-electron chi connectivity index (χ0n) is 29.6. The molecule has 0 heterocycles. The van der Waals surface area contributed by atoms with Gasteiger partial charge in [0.15, 0.2) is 11.5 Å². The highest BCUT2D eigenvalue weighted by Gasteiger charge is 2.56. The molecule has 0 spiro atoms. The van der Waals surface area contributed by atoms with Gasteiger partial charge in [-0.1, -0.05) is 48.5 Å². The van der Waals surface area contributed by atoms with Crippen LogP contribution < -0.4 is 20.1 Å². The molecular weight excluding hydrogens is 696 g/mol. The fourth-order valence-electron chi connectivity index (χ4n) is 6.79. The summed E-state index contributed by atoms with van der Waals surface area (Å²) in [5.74, 6) is -4.26. The summed E-state index contributed by atoms with van der Waals surface area (Å²) in [4.78, 5) is 42.8. The monoisotopic (exact) mass is 740 g/mol. The normalized spacial score (nSPS) is 20.3. The maximum absolute atomic E-state index is 14.4. The molecule has 0 aliphatic heterocycles. The molecule has 1 saturated carbocycles.